The average Bonchev–Trinajstić information content (AvgIpc) is 2.50. The Labute approximate surface area is 132 Å². The number of methoxy groups -OCH3 is 2. The maximum absolute atomic E-state index is 12.2. The zero-order chi connectivity index (χ0) is 15.1. The average molecular weight is 317 g/mol. The molecule has 2 atom stereocenters. The Hall–Kier alpha value is -1.30. The molecule has 0 saturated carbocycles. The first-order valence-corrected chi connectivity index (χ1v) is 6.66. The highest BCUT2D eigenvalue weighted by atomic mass is 35.5. The molecular formula is C15H25ClN2O3. The second-order valence-electron chi connectivity index (χ2n) is 4.75. The third-order valence-electron chi connectivity index (χ3n) is 3.57. The number of halogens is 1. The van der Waals surface area contributed by atoms with Crippen LogP contribution in [0.4, 0.5) is 0 Å². The molecule has 0 heterocycles. The van der Waals surface area contributed by atoms with Crippen molar-refractivity contribution < 1.29 is 14.3 Å². The van der Waals surface area contributed by atoms with Crippen molar-refractivity contribution in [2.24, 2.45) is 5.73 Å². The number of nitrogens with zero attached hydrogens (tertiary/aromatic N) is 1. The van der Waals surface area contributed by atoms with E-state index >= 15 is 0 Å². The fourth-order valence-electron chi connectivity index (χ4n) is 1.92. The second kappa shape index (κ2) is 9.60. The molecule has 1 rings (SSSR count). The zero-order valence-electron chi connectivity index (χ0n) is 13.0. The summed E-state index contributed by atoms with van der Waals surface area (Å²) in [6, 6.07) is 7.70. The SMILES string of the molecule is COc1ccc(C(C)N(C)C(=O)CC(CN)OC)cc1.Cl. The lowest BCUT2D eigenvalue weighted by Crippen LogP contribution is -2.35. The first-order valence-electron chi connectivity index (χ1n) is 6.66. The maximum atomic E-state index is 12.2. The number of carbonyl (C=O) groups is 1. The highest BCUT2D eigenvalue weighted by Gasteiger charge is 2.20. The van der Waals surface area contributed by atoms with E-state index < -0.39 is 0 Å². The van der Waals surface area contributed by atoms with E-state index in [-0.39, 0.29) is 30.5 Å². The van der Waals surface area contributed by atoms with E-state index in [0.29, 0.717) is 13.0 Å². The van der Waals surface area contributed by atoms with E-state index in [2.05, 4.69) is 0 Å². The molecule has 0 bridgehead atoms. The van der Waals surface area contributed by atoms with Crippen molar-refractivity contribution in [3.05, 3.63) is 29.8 Å². The summed E-state index contributed by atoms with van der Waals surface area (Å²) in [7, 11) is 4.99. The summed E-state index contributed by atoms with van der Waals surface area (Å²) in [5, 5.41) is 0. The quantitative estimate of drug-likeness (QED) is 0.835. The van der Waals surface area contributed by atoms with Crippen molar-refractivity contribution in [3.8, 4) is 5.75 Å². The van der Waals surface area contributed by atoms with E-state index in [4.69, 9.17) is 15.2 Å². The standard InChI is InChI=1S/C15H24N2O3.ClH/c1-11(12-5-7-13(19-3)8-6-12)17(2)15(18)9-14(10-16)20-4;/h5-8,11,14H,9-10,16H2,1-4H3;1H. The lowest BCUT2D eigenvalue weighted by Gasteiger charge is -2.27. The molecule has 0 aromatic heterocycles. The van der Waals surface area contributed by atoms with E-state index in [1.165, 1.54) is 0 Å². The van der Waals surface area contributed by atoms with Crippen LogP contribution in [0.15, 0.2) is 24.3 Å². The molecule has 2 unspecified atom stereocenters. The molecule has 5 nitrogen and oxygen atoms in total. The summed E-state index contributed by atoms with van der Waals surface area (Å²) in [5.41, 5.74) is 6.60. The van der Waals surface area contributed by atoms with Crippen LogP contribution in [0.1, 0.15) is 24.9 Å². The third kappa shape index (κ3) is 5.53. The topological polar surface area (TPSA) is 64.8 Å². The lowest BCUT2D eigenvalue weighted by molar-refractivity contribution is -0.134. The number of hydrogen-bond acceptors (Lipinski definition) is 4. The van der Waals surface area contributed by atoms with Gasteiger partial charge >= 0.3 is 0 Å². The fourth-order valence-corrected chi connectivity index (χ4v) is 1.92. The zero-order valence-corrected chi connectivity index (χ0v) is 13.9. The van der Waals surface area contributed by atoms with Crippen molar-refractivity contribution >= 4 is 18.3 Å². The Balaban J connectivity index is 0.00000400. The number of rotatable bonds is 7. The Kier molecular flexibility index (Phi) is 9.01. The number of hydrogen-bond donors (Lipinski definition) is 1. The van der Waals surface area contributed by atoms with E-state index in [9.17, 15) is 4.79 Å². The monoisotopic (exact) mass is 316 g/mol. The van der Waals surface area contributed by atoms with Gasteiger partial charge in [-0.25, -0.2) is 0 Å². The summed E-state index contributed by atoms with van der Waals surface area (Å²) in [5.74, 6) is 0.822. The van der Waals surface area contributed by atoms with Crippen LogP contribution < -0.4 is 10.5 Å². The Bertz CT molecular complexity index is 421. The van der Waals surface area contributed by atoms with E-state index in [0.717, 1.165) is 11.3 Å². The molecule has 0 aliphatic rings. The van der Waals surface area contributed by atoms with Crippen LogP contribution in [0.5, 0.6) is 5.75 Å². The minimum absolute atomic E-state index is 0. The highest BCUT2D eigenvalue weighted by Crippen LogP contribution is 2.22. The summed E-state index contributed by atoms with van der Waals surface area (Å²) >= 11 is 0. The molecule has 0 aliphatic carbocycles. The van der Waals surface area contributed by atoms with Crippen molar-refractivity contribution in [3.63, 3.8) is 0 Å². The Morgan fingerprint density at radius 3 is 2.29 bits per heavy atom. The molecule has 0 aliphatic heterocycles. The van der Waals surface area contributed by atoms with Gasteiger partial charge in [-0.05, 0) is 24.6 Å². The van der Waals surface area contributed by atoms with Gasteiger partial charge in [0.15, 0.2) is 0 Å². The first kappa shape index (κ1) is 19.7. The Morgan fingerprint density at radius 2 is 1.86 bits per heavy atom. The van der Waals surface area contributed by atoms with Crippen molar-refractivity contribution in [1.82, 2.24) is 4.90 Å². The van der Waals surface area contributed by atoms with Crippen molar-refractivity contribution in [2.75, 3.05) is 27.8 Å². The molecule has 1 aromatic rings. The largest absolute Gasteiger partial charge is 0.497 e. The van der Waals surface area contributed by atoms with Crippen molar-refractivity contribution in [2.45, 2.75) is 25.5 Å². The van der Waals surface area contributed by atoms with Gasteiger partial charge in [-0.1, -0.05) is 12.1 Å². The summed E-state index contributed by atoms with van der Waals surface area (Å²) in [6.45, 7) is 2.33. The molecule has 1 amide bonds. The molecule has 0 fully saturated rings. The summed E-state index contributed by atoms with van der Waals surface area (Å²) < 4.78 is 10.3. The van der Waals surface area contributed by atoms with E-state index in [1.807, 2.05) is 31.2 Å². The van der Waals surface area contributed by atoms with Gasteiger partial charge in [0.2, 0.25) is 5.91 Å². The normalized spacial score (nSPS) is 13.0. The fraction of sp³-hybridized carbons (Fsp3) is 0.533. The molecule has 0 saturated heterocycles. The number of carbonyl (C=O) groups excluding carboxylic acids is 1. The van der Waals surface area contributed by atoms with Crippen LogP contribution in [0, 0.1) is 0 Å². The van der Waals surface area contributed by atoms with Crippen molar-refractivity contribution in [1.29, 1.82) is 0 Å². The second-order valence-corrected chi connectivity index (χ2v) is 4.75. The minimum Gasteiger partial charge on any atom is -0.497 e. The van der Waals surface area contributed by atoms with E-state index in [1.54, 1.807) is 26.2 Å². The van der Waals surface area contributed by atoms with Gasteiger partial charge in [-0.15, -0.1) is 12.4 Å². The molecule has 0 spiro atoms. The number of nitrogens with two attached hydrogens (primary N) is 1. The van der Waals surface area contributed by atoms with Crippen LogP contribution in [0.3, 0.4) is 0 Å². The lowest BCUT2D eigenvalue weighted by atomic mass is 10.1. The van der Waals surface area contributed by atoms with Gasteiger partial charge in [0.05, 0.1) is 25.7 Å². The smallest absolute Gasteiger partial charge is 0.225 e. The summed E-state index contributed by atoms with van der Waals surface area (Å²) in [6.07, 6.45) is 0.0669. The molecule has 21 heavy (non-hydrogen) atoms. The molecule has 6 heteroatoms. The summed E-state index contributed by atoms with van der Waals surface area (Å²) in [4.78, 5) is 13.9. The van der Waals surface area contributed by atoms with Gasteiger partial charge in [-0.2, -0.15) is 0 Å². The van der Waals surface area contributed by atoms with Gasteiger partial charge in [-0.3, -0.25) is 4.79 Å². The number of benzene rings is 1. The highest BCUT2D eigenvalue weighted by molar-refractivity contribution is 5.85. The predicted octanol–water partition coefficient (Wildman–Crippen LogP) is 2.00. The molecule has 0 radical (unpaired) electrons. The third-order valence-corrected chi connectivity index (χ3v) is 3.57. The van der Waals surface area contributed by atoms with Gasteiger partial charge in [0.25, 0.3) is 0 Å². The van der Waals surface area contributed by atoms with Crippen LogP contribution in [0.25, 0.3) is 0 Å². The maximum Gasteiger partial charge on any atom is 0.225 e. The predicted molar refractivity (Wildman–Crippen MR) is 85.9 cm³/mol. The first-order chi connectivity index (χ1) is 9.53. The van der Waals surface area contributed by atoms with Gasteiger partial charge in [0.1, 0.15) is 5.75 Å². The molecule has 1 aromatic carbocycles. The van der Waals surface area contributed by atoms with Crippen LogP contribution in [-0.2, 0) is 9.53 Å². The number of ether oxygens (including phenoxy) is 2. The van der Waals surface area contributed by atoms with Crippen LogP contribution >= 0.6 is 12.4 Å². The number of amides is 1. The molecular weight excluding hydrogens is 292 g/mol. The van der Waals surface area contributed by atoms with Gasteiger partial charge in [0, 0.05) is 20.7 Å². The Morgan fingerprint density at radius 1 is 1.29 bits per heavy atom. The minimum atomic E-state index is -0.229. The molecule has 120 valence electrons. The van der Waals surface area contributed by atoms with Crippen LogP contribution in [0.2, 0.25) is 0 Å². The molecule has 2 N–H and O–H groups in total. The van der Waals surface area contributed by atoms with Gasteiger partial charge < -0.3 is 20.1 Å². The van der Waals surface area contributed by atoms with Crippen LogP contribution in [-0.4, -0.2) is 44.7 Å².